The van der Waals surface area contributed by atoms with E-state index in [9.17, 15) is 14.4 Å². The number of amides is 2. The first-order valence-electron chi connectivity index (χ1n) is 11.6. The maximum atomic E-state index is 13.5. The standard InChI is InChI=1S/C25H32N4O3/c1-17(2)13-23(30)26-15-19-9-6-10-22-27-21-11-12-28(16-20(21)25(32)29(19)22)24(31)14-18-7-4-3-5-8-18/h3-5,7-8,17,19H,6,9-16H2,1-2H3,(H,26,30). The molecule has 0 aliphatic carbocycles. The van der Waals surface area contributed by atoms with Crippen LogP contribution in [0.15, 0.2) is 35.1 Å². The molecule has 0 spiro atoms. The number of rotatable bonds is 6. The maximum Gasteiger partial charge on any atom is 0.259 e. The monoisotopic (exact) mass is 436 g/mol. The molecule has 1 atom stereocenters. The highest BCUT2D eigenvalue weighted by molar-refractivity contribution is 5.79. The van der Waals surface area contributed by atoms with Gasteiger partial charge in [0.15, 0.2) is 0 Å². The molecule has 1 aromatic carbocycles. The Morgan fingerprint density at radius 3 is 2.72 bits per heavy atom. The molecule has 1 N–H and O–H groups in total. The Balaban J connectivity index is 1.52. The van der Waals surface area contributed by atoms with E-state index in [1.165, 1.54) is 0 Å². The van der Waals surface area contributed by atoms with Crippen molar-refractivity contribution < 1.29 is 9.59 Å². The van der Waals surface area contributed by atoms with Gasteiger partial charge in [-0.3, -0.25) is 19.0 Å². The Bertz CT molecular complexity index is 1050. The fourth-order valence-corrected chi connectivity index (χ4v) is 4.68. The number of nitrogens with zero attached hydrogens (tertiary/aromatic N) is 3. The number of fused-ring (bicyclic) bond motifs is 2. The summed E-state index contributed by atoms with van der Waals surface area (Å²) in [5, 5.41) is 3.00. The molecule has 3 heterocycles. The van der Waals surface area contributed by atoms with Gasteiger partial charge in [-0.2, -0.15) is 0 Å². The van der Waals surface area contributed by atoms with Crippen LogP contribution in [0.25, 0.3) is 0 Å². The second kappa shape index (κ2) is 9.67. The fourth-order valence-electron chi connectivity index (χ4n) is 4.68. The van der Waals surface area contributed by atoms with E-state index in [2.05, 4.69) is 5.32 Å². The van der Waals surface area contributed by atoms with Crippen molar-refractivity contribution in [1.82, 2.24) is 19.8 Å². The molecular weight excluding hydrogens is 404 g/mol. The zero-order valence-corrected chi connectivity index (χ0v) is 19.0. The molecule has 170 valence electrons. The number of nitrogens with one attached hydrogen (secondary N) is 1. The van der Waals surface area contributed by atoms with E-state index in [4.69, 9.17) is 4.98 Å². The molecule has 0 saturated heterocycles. The molecule has 0 fully saturated rings. The fraction of sp³-hybridized carbons (Fsp3) is 0.520. The number of aromatic nitrogens is 2. The summed E-state index contributed by atoms with van der Waals surface area (Å²) in [5.41, 5.74) is 2.38. The highest BCUT2D eigenvalue weighted by Crippen LogP contribution is 2.24. The zero-order chi connectivity index (χ0) is 22.7. The van der Waals surface area contributed by atoms with E-state index in [0.29, 0.717) is 50.4 Å². The molecule has 1 unspecified atom stereocenters. The van der Waals surface area contributed by atoms with Gasteiger partial charge in [-0.15, -0.1) is 0 Å². The zero-order valence-electron chi connectivity index (χ0n) is 19.0. The van der Waals surface area contributed by atoms with Crippen molar-refractivity contribution in [2.45, 2.75) is 65.0 Å². The van der Waals surface area contributed by atoms with Gasteiger partial charge in [-0.1, -0.05) is 44.2 Å². The van der Waals surface area contributed by atoms with Gasteiger partial charge in [0, 0.05) is 32.4 Å². The van der Waals surface area contributed by atoms with E-state index in [1.54, 1.807) is 9.47 Å². The van der Waals surface area contributed by atoms with Gasteiger partial charge in [0.25, 0.3) is 5.56 Å². The lowest BCUT2D eigenvalue weighted by atomic mass is 10.00. The third-order valence-electron chi connectivity index (χ3n) is 6.32. The summed E-state index contributed by atoms with van der Waals surface area (Å²) >= 11 is 0. The third-order valence-corrected chi connectivity index (χ3v) is 6.32. The number of hydrogen-bond acceptors (Lipinski definition) is 4. The van der Waals surface area contributed by atoms with Crippen LogP contribution in [0.3, 0.4) is 0 Å². The summed E-state index contributed by atoms with van der Waals surface area (Å²) in [7, 11) is 0. The van der Waals surface area contributed by atoms with Gasteiger partial charge in [-0.25, -0.2) is 4.98 Å². The highest BCUT2D eigenvalue weighted by atomic mass is 16.2. The summed E-state index contributed by atoms with van der Waals surface area (Å²) in [4.78, 5) is 45.1. The number of aryl methyl sites for hydroxylation is 1. The predicted octanol–water partition coefficient (Wildman–Crippen LogP) is 2.41. The average molecular weight is 437 g/mol. The molecule has 2 aromatic rings. The van der Waals surface area contributed by atoms with Crippen LogP contribution in [0.1, 0.15) is 61.8 Å². The molecule has 1 aromatic heterocycles. The van der Waals surface area contributed by atoms with Crippen molar-refractivity contribution in [1.29, 1.82) is 0 Å². The Hall–Kier alpha value is -2.96. The van der Waals surface area contributed by atoms with Gasteiger partial charge in [-0.05, 0) is 24.3 Å². The van der Waals surface area contributed by atoms with Gasteiger partial charge in [0.1, 0.15) is 5.82 Å². The highest BCUT2D eigenvalue weighted by Gasteiger charge is 2.30. The largest absolute Gasteiger partial charge is 0.354 e. The minimum atomic E-state index is -0.0874. The lowest BCUT2D eigenvalue weighted by Gasteiger charge is -2.32. The summed E-state index contributed by atoms with van der Waals surface area (Å²) in [6.07, 6.45) is 3.99. The van der Waals surface area contributed by atoms with E-state index in [-0.39, 0.29) is 23.4 Å². The normalized spacial score (nSPS) is 17.6. The SMILES string of the molecule is CC(C)CC(=O)NCC1CCCc2nc3c(c(=O)n21)CN(C(=O)Cc1ccccc1)CC3. The van der Waals surface area contributed by atoms with E-state index in [0.717, 1.165) is 36.3 Å². The number of benzene rings is 1. The Kier molecular flexibility index (Phi) is 6.72. The van der Waals surface area contributed by atoms with Crippen molar-refractivity contribution >= 4 is 11.8 Å². The molecule has 4 rings (SSSR count). The minimum Gasteiger partial charge on any atom is -0.354 e. The van der Waals surface area contributed by atoms with Crippen molar-refractivity contribution in [3.05, 3.63) is 63.3 Å². The summed E-state index contributed by atoms with van der Waals surface area (Å²) in [6, 6.07) is 9.59. The van der Waals surface area contributed by atoms with Gasteiger partial charge in [0.05, 0.1) is 30.3 Å². The van der Waals surface area contributed by atoms with Crippen molar-refractivity contribution in [3.8, 4) is 0 Å². The molecule has 7 nitrogen and oxygen atoms in total. The molecule has 32 heavy (non-hydrogen) atoms. The van der Waals surface area contributed by atoms with Crippen LogP contribution in [0.5, 0.6) is 0 Å². The lowest BCUT2D eigenvalue weighted by Crippen LogP contribution is -2.45. The van der Waals surface area contributed by atoms with Crippen molar-refractivity contribution in [2.24, 2.45) is 5.92 Å². The topological polar surface area (TPSA) is 84.3 Å². The molecule has 7 heteroatoms. The predicted molar refractivity (Wildman–Crippen MR) is 122 cm³/mol. The average Bonchev–Trinajstić information content (AvgIpc) is 2.77. The Labute approximate surface area is 188 Å². The first kappa shape index (κ1) is 22.2. The van der Waals surface area contributed by atoms with Crippen LogP contribution in [0.2, 0.25) is 0 Å². The van der Waals surface area contributed by atoms with Crippen LogP contribution < -0.4 is 10.9 Å². The van der Waals surface area contributed by atoms with Gasteiger partial charge in [0.2, 0.25) is 11.8 Å². The first-order valence-corrected chi connectivity index (χ1v) is 11.6. The smallest absolute Gasteiger partial charge is 0.259 e. The summed E-state index contributed by atoms with van der Waals surface area (Å²) in [6.45, 7) is 5.36. The quantitative estimate of drug-likeness (QED) is 0.754. The minimum absolute atomic E-state index is 0.0174. The van der Waals surface area contributed by atoms with Crippen molar-refractivity contribution in [2.75, 3.05) is 13.1 Å². The van der Waals surface area contributed by atoms with Crippen LogP contribution >= 0.6 is 0 Å². The number of carbonyl (C=O) groups excluding carboxylic acids is 2. The molecule has 0 radical (unpaired) electrons. The van der Waals surface area contributed by atoms with Crippen LogP contribution in [-0.4, -0.2) is 39.4 Å². The molecule has 0 bridgehead atoms. The van der Waals surface area contributed by atoms with Crippen LogP contribution in [0.4, 0.5) is 0 Å². The molecule has 2 aliphatic rings. The molecule has 0 saturated carbocycles. The van der Waals surface area contributed by atoms with Gasteiger partial charge < -0.3 is 10.2 Å². The van der Waals surface area contributed by atoms with E-state index >= 15 is 0 Å². The maximum absolute atomic E-state index is 13.5. The molecule has 2 amide bonds. The van der Waals surface area contributed by atoms with Crippen LogP contribution in [0, 0.1) is 5.92 Å². The first-order chi connectivity index (χ1) is 15.4. The number of hydrogen-bond donors (Lipinski definition) is 1. The van der Waals surface area contributed by atoms with E-state index in [1.807, 2.05) is 44.2 Å². The Morgan fingerprint density at radius 1 is 1.19 bits per heavy atom. The van der Waals surface area contributed by atoms with Gasteiger partial charge >= 0.3 is 0 Å². The summed E-state index contributed by atoms with van der Waals surface area (Å²) < 4.78 is 1.78. The summed E-state index contributed by atoms with van der Waals surface area (Å²) in [5.74, 6) is 1.15. The second-order valence-corrected chi connectivity index (χ2v) is 9.30. The lowest BCUT2D eigenvalue weighted by molar-refractivity contribution is -0.131. The third kappa shape index (κ3) is 4.92. The van der Waals surface area contributed by atoms with Crippen LogP contribution in [-0.2, 0) is 35.4 Å². The molecular formula is C25H32N4O3. The second-order valence-electron chi connectivity index (χ2n) is 9.30. The number of carbonyl (C=O) groups is 2. The molecule has 2 aliphatic heterocycles. The van der Waals surface area contributed by atoms with E-state index < -0.39 is 0 Å². The van der Waals surface area contributed by atoms with Crippen molar-refractivity contribution in [3.63, 3.8) is 0 Å². The Morgan fingerprint density at radius 2 is 1.97 bits per heavy atom.